The number of imide groups is 1. The number of hydrogen-bond donors (Lipinski definition) is 1. The van der Waals surface area contributed by atoms with Gasteiger partial charge in [-0.1, -0.05) is 12.1 Å². The summed E-state index contributed by atoms with van der Waals surface area (Å²) in [4.78, 5) is 41.4. The number of nitrogens with one attached hydrogen (secondary N) is 1. The molecule has 1 aromatic heterocycles. The van der Waals surface area contributed by atoms with E-state index in [1.54, 1.807) is 12.0 Å². The SMILES string of the molecule is COCCn1cc2cc(CN3CCC4(CC3)COc3c4ccc4c3CN(C3CCC(=O)NC3=O)C4=O)ccc2n1. The summed E-state index contributed by atoms with van der Waals surface area (Å²) in [5.74, 6) is -0.00618. The highest BCUT2D eigenvalue weighted by atomic mass is 16.5. The molecule has 2 saturated heterocycles. The van der Waals surface area contributed by atoms with Crippen molar-refractivity contribution >= 4 is 28.6 Å². The number of carbonyl (C=O) groups excluding carboxylic acids is 3. The summed E-state index contributed by atoms with van der Waals surface area (Å²) in [6, 6.07) is 9.86. The molecule has 3 aromatic rings. The van der Waals surface area contributed by atoms with Crippen molar-refractivity contribution in [2.24, 2.45) is 0 Å². The summed E-state index contributed by atoms with van der Waals surface area (Å²) in [5.41, 5.74) is 4.90. The number of piperidine rings is 2. The van der Waals surface area contributed by atoms with Gasteiger partial charge in [-0.25, -0.2) is 0 Å². The third-order valence-corrected chi connectivity index (χ3v) is 9.09. The van der Waals surface area contributed by atoms with E-state index in [4.69, 9.17) is 9.47 Å². The molecule has 40 heavy (non-hydrogen) atoms. The molecular formula is C30H33N5O5. The van der Waals surface area contributed by atoms with Crippen molar-refractivity contribution in [3.63, 3.8) is 0 Å². The summed E-state index contributed by atoms with van der Waals surface area (Å²) in [6.45, 7) is 5.16. The van der Waals surface area contributed by atoms with Crippen LogP contribution in [-0.2, 0) is 39.4 Å². The van der Waals surface area contributed by atoms with Crippen LogP contribution in [0.25, 0.3) is 10.9 Å². The number of rotatable bonds is 6. The number of amides is 3. The number of ether oxygens (including phenoxy) is 2. The molecule has 1 unspecified atom stereocenters. The average molecular weight is 544 g/mol. The first-order valence-electron chi connectivity index (χ1n) is 14.1. The Kier molecular flexibility index (Phi) is 6.12. The zero-order valence-corrected chi connectivity index (χ0v) is 22.6. The Morgan fingerprint density at radius 1 is 1.15 bits per heavy atom. The van der Waals surface area contributed by atoms with Crippen molar-refractivity contribution in [1.29, 1.82) is 0 Å². The van der Waals surface area contributed by atoms with E-state index >= 15 is 0 Å². The molecule has 3 amide bonds. The number of carbonyl (C=O) groups is 3. The normalized spacial score (nSPS) is 22.1. The van der Waals surface area contributed by atoms with Gasteiger partial charge in [0.15, 0.2) is 0 Å². The molecular weight excluding hydrogens is 510 g/mol. The highest BCUT2D eigenvalue weighted by molar-refractivity contribution is 6.05. The lowest BCUT2D eigenvalue weighted by Crippen LogP contribution is -2.52. The monoisotopic (exact) mass is 543 g/mol. The number of fused-ring (bicyclic) bond motifs is 5. The number of hydrogen-bond acceptors (Lipinski definition) is 7. The van der Waals surface area contributed by atoms with Crippen LogP contribution in [0.4, 0.5) is 0 Å². The van der Waals surface area contributed by atoms with E-state index in [0.29, 0.717) is 31.7 Å². The van der Waals surface area contributed by atoms with Crippen molar-refractivity contribution < 1.29 is 23.9 Å². The largest absolute Gasteiger partial charge is 0.492 e. The van der Waals surface area contributed by atoms with Gasteiger partial charge in [0.1, 0.15) is 11.8 Å². The van der Waals surface area contributed by atoms with Crippen molar-refractivity contribution in [3.05, 3.63) is 58.8 Å². The quantitative estimate of drug-likeness (QED) is 0.476. The fourth-order valence-electron chi connectivity index (χ4n) is 6.82. The topological polar surface area (TPSA) is 106 Å². The number of aromatic nitrogens is 2. The molecule has 10 nitrogen and oxygen atoms in total. The Hall–Kier alpha value is -3.76. The summed E-state index contributed by atoms with van der Waals surface area (Å²) in [6.07, 6.45) is 4.66. The average Bonchev–Trinajstić information content (AvgIpc) is 3.62. The van der Waals surface area contributed by atoms with Gasteiger partial charge in [-0.05, 0) is 56.1 Å². The maximum atomic E-state index is 13.2. The van der Waals surface area contributed by atoms with Crippen molar-refractivity contribution in [3.8, 4) is 5.75 Å². The molecule has 5 heterocycles. The van der Waals surface area contributed by atoms with E-state index < -0.39 is 11.9 Å². The van der Waals surface area contributed by atoms with Crippen LogP contribution < -0.4 is 10.1 Å². The van der Waals surface area contributed by atoms with E-state index in [0.717, 1.165) is 61.2 Å². The molecule has 1 N–H and O–H groups in total. The molecule has 0 bridgehead atoms. The standard InChI is InChI=1S/C30H33N5O5/c1-39-13-12-34-16-20-14-19(2-5-24(20)32-34)15-33-10-8-30(9-11-33)18-40-27-22-17-35(25-6-7-26(36)31-28(25)37)29(38)21(22)3-4-23(27)30/h2-5,14,16,25H,6-13,15,17-18H2,1H3,(H,31,36,37). The van der Waals surface area contributed by atoms with Crippen LogP contribution in [0.2, 0.25) is 0 Å². The Morgan fingerprint density at radius 2 is 2.00 bits per heavy atom. The van der Waals surface area contributed by atoms with Crippen LogP contribution in [-0.4, -0.2) is 76.8 Å². The number of likely N-dealkylation sites (tertiary alicyclic amines) is 1. The van der Waals surface area contributed by atoms with Crippen LogP contribution in [0.15, 0.2) is 36.5 Å². The van der Waals surface area contributed by atoms with Crippen LogP contribution in [0.1, 0.15) is 52.7 Å². The smallest absolute Gasteiger partial charge is 0.255 e. The zero-order valence-electron chi connectivity index (χ0n) is 22.6. The van der Waals surface area contributed by atoms with Crippen molar-refractivity contribution in [2.75, 3.05) is 33.4 Å². The lowest BCUT2D eigenvalue weighted by Gasteiger charge is -2.38. The van der Waals surface area contributed by atoms with E-state index in [-0.39, 0.29) is 23.7 Å². The van der Waals surface area contributed by atoms with E-state index in [1.165, 1.54) is 11.1 Å². The number of methoxy groups -OCH3 is 1. The first kappa shape index (κ1) is 25.2. The second kappa shape index (κ2) is 9.71. The molecule has 0 saturated carbocycles. The molecule has 0 aliphatic carbocycles. The molecule has 2 fully saturated rings. The third kappa shape index (κ3) is 4.17. The predicted octanol–water partition coefficient (Wildman–Crippen LogP) is 2.37. The second-order valence-corrected chi connectivity index (χ2v) is 11.5. The summed E-state index contributed by atoms with van der Waals surface area (Å²) in [5, 5.41) is 8.15. The first-order valence-corrected chi connectivity index (χ1v) is 14.1. The number of benzene rings is 2. The molecule has 4 aliphatic heterocycles. The van der Waals surface area contributed by atoms with E-state index in [1.807, 2.05) is 10.7 Å². The van der Waals surface area contributed by atoms with Gasteiger partial charge >= 0.3 is 0 Å². The molecule has 7 rings (SSSR count). The van der Waals surface area contributed by atoms with Gasteiger partial charge in [0.05, 0.1) is 31.8 Å². The minimum Gasteiger partial charge on any atom is -0.492 e. The van der Waals surface area contributed by atoms with Gasteiger partial charge in [-0.2, -0.15) is 5.10 Å². The zero-order chi connectivity index (χ0) is 27.4. The third-order valence-electron chi connectivity index (χ3n) is 9.09. The van der Waals surface area contributed by atoms with Gasteiger partial charge in [0.25, 0.3) is 5.91 Å². The first-order chi connectivity index (χ1) is 19.4. The predicted molar refractivity (Wildman–Crippen MR) is 146 cm³/mol. The Labute approximate surface area is 232 Å². The van der Waals surface area contributed by atoms with Gasteiger partial charge in [0, 0.05) is 53.8 Å². The lowest BCUT2D eigenvalue weighted by molar-refractivity contribution is -0.136. The fraction of sp³-hybridized carbons (Fsp3) is 0.467. The molecule has 0 radical (unpaired) electrons. The highest BCUT2D eigenvalue weighted by Crippen LogP contribution is 2.49. The van der Waals surface area contributed by atoms with Crippen molar-refractivity contribution in [2.45, 2.75) is 56.8 Å². The second-order valence-electron chi connectivity index (χ2n) is 11.5. The minimum atomic E-state index is -0.620. The van der Waals surface area contributed by atoms with Gasteiger partial charge in [-0.15, -0.1) is 0 Å². The Morgan fingerprint density at radius 3 is 2.80 bits per heavy atom. The summed E-state index contributed by atoms with van der Waals surface area (Å²) in [7, 11) is 1.70. The lowest BCUT2D eigenvalue weighted by atomic mass is 9.74. The molecule has 10 heteroatoms. The number of nitrogens with zero attached hydrogens (tertiary/aromatic N) is 4. The molecule has 1 atom stereocenters. The molecule has 4 aliphatic rings. The van der Waals surface area contributed by atoms with Crippen LogP contribution in [0.5, 0.6) is 5.75 Å². The van der Waals surface area contributed by atoms with Crippen LogP contribution >= 0.6 is 0 Å². The summed E-state index contributed by atoms with van der Waals surface area (Å²) < 4.78 is 13.4. The van der Waals surface area contributed by atoms with E-state index in [2.05, 4.69) is 45.8 Å². The highest BCUT2D eigenvalue weighted by Gasteiger charge is 2.47. The fourth-order valence-corrected chi connectivity index (χ4v) is 6.82. The van der Waals surface area contributed by atoms with E-state index in [9.17, 15) is 14.4 Å². The van der Waals surface area contributed by atoms with Crippen LogP contribution in [0.3, 0.4) is 0 Å². The maximum absolute atomic E-state index is 13.2. The maximum Gasteiger partial charge on any atom is 0.255 e. The van der Waals surface area contributed by atoms with Gasteiger partial charge in [0.2, 0.25) is 11.8 Å². The molecule has 2 aromatic carbocycles. The summed E-state index contributed by atoms with van der Waals surface area (Å²) >= 11 is 0. The Bertz CT molecular complexity index is 1520. The Balaban J connectivity index is 1.04. The molecule has 1 spiro atoms. The minimum absolute atomic E-state index is 0.0571. The van der Waals surface area contributed by atoms with Crippen molar-refractivity contribution in [1.82, 2.24) is 24.9 Å². The molecule has 208 valence electrons. The van der Waals surface area contributed by atoms with Gasteiger partial charge in [-0.3, -0.25) is 29.3 Å². The van der Waals surface area contributed by atoms with Crippen LogP contribution in [0, 0.1) is 0 Å². The van der Waals surface area contributed by atoms with Gasteiger partial charge < -0.3 is 14.4 Å².